The SMILES string of the molecule is CC(C)(C)c1cc2ccccc2o1.CC(C)(C)c1cc2ccccc2s1.CC(C)(C)c1ccccn1.CC(C)(C)c1cccnc1.CC(C)(C)c1ccco1.CC(C)(C)c1cccs1.CC(C)(C)c1ccncc1.CC(C)(C)c1ccoc1.CC(C)(C)c1ccsc1.CC(C)(C)c1coc2ccccc12.CC(C)(C)c1csc2ccccc12. The van der Waals surface area contributed by atoms with Crippen LogP contribution in [0.2, 0.25) is 0 Å². The number of furan rings is 4. The van der Waals surface area contributed by atoms with Gasteiger partial charge in [-0.2, -0.15) is 11.3 Å². The van der Waals surface area contributed by atoms with Crippen molar-refractivity contribution in [2.75, 3.05) is 0 Å². The van der Waals surface area contributed by atoms with Crippen molar-refractivity contribution in [3.05, 3.63) is 326 Å². The van der Waals surface area contributed by atoms with Crippen LogP contribution < -0.4 is 0 Å². The van der Waals surface area contributed by atoms with Crippen LogP contribution in [-0.4, -0.2) is 15.0 Å². The Bertz CT molecular complexity index is 4650. The van der Waals surface area contributed by atoms with E-state index in [2.05, 4.69) is 380 Å². The molecule has 0 spiro atoms. The summed E-state index contributed by atoms with van der Waals surface area (Å²) in [5.74, 6) is 2.09. The third-order valence-electron chi connectivity index (χ3n) is 18.7. The van der Waals surface area contributed by atoms with Crippen LogP contribution in [0.5, 0.6) is 0 Å². The van der Waals surface area contributed by atoms with Crippen molar-refractivity contribution in [1.82, 2.24) is 15.0 Å². The van der Waals surface area contributed by atoms with Gasteiger partial charge in [-0.1, -0.05) is 319 Å². The largest absolute Gasteiger partial charge is 0.472 e. The average Bonchev–Trinajstić information content (AvgIpc) is 1.67. The Morgan fingerprint density at radius 1 is 0.297 bits per heavy atom. The normalized spacial score (nSPS) is 11.9. The first kappa shape index (κ1) is 99.9. The molecule has 0 aliphatic rings. The number of hydrogen-bond donors (Lipinski definition) is 0. The van der Waals surface area contributed by atoms with Crippen molar-refractivity contribution < 1.29 is 17.7 Å². The molecule has 11 heteroatoms. The molecule has 4 aromatic carbocycles. The molecule has 0 aliphatic carbocycles. The van der Waals surface area contributed by atoms with E-state index in [9.17, 15) is 0 Å². The molecule has 7 nitrogen and oxygen atoms in total. The zero-order valence-electron chi connectivity index (χ0n) is 78.0. The third kappa shape index (κ3) is 34.6. The highest BCUT2D eigenvalue weighted by Crippen LogP contribution is 2.37. The maximum atomic E-state index is 5.73. The summed E-state index contributed by atoms with van der Waals surface area (Å²) >= 11 is 7.34. The first-order chi connectivity index (χ1) is 54.6. The van der Waals surface area contributed by atoms with Gasteiger partial charge < -0.3 is 17.7 Å². The van der Waals surface area contributed by atoms with E-state index in [-0.39, 0.29) is 48.7 Å². The van der Waals surface area contributed by atoms with Crippen LogP contribution in [0.25, 0.3) is 42.1 Å². The quantitative estimate of drug-likeness (QED) is 0.149. The van der Waals surface area contributed by atoms with Gasteiger partial charge in [0.2, 0.25) is 0 Å². The summed E-state index contributed by atoms with van der Waals surface area (Å²) in [6.07, 6.45) is 16.3. The monoisotopic (exact) mass is 1660 g/mol. The van der Waals surface area contributed by atoms with Gasteiger partial charge in [-0.3, -0.25) is 15.0 Å². The third-order valence-corrected chi connectivity index (χ3v) is 23.2. The van der Waals surface area contributed by atoms with Gasteiger partial charge in [0.15, 0.2) is 0 Å². The minimum absolute atomic E-state index is 0.0962. The van der Waals surface area contributed by atoms with E-state index in [0.29, 0.717) is 10.8 Å². The fourth-order valence-corrected chi connectivity index (χ4v) is 15.1. The van der Waals surface area contributed by atoms with Gasteiger partial charge in [-0.05, 0) is 200 Å². The Labute approximate surface area is 728 Å². The molecule has 0 unspecified atom stereocenters. The fraction of sp³-hybridized carbons (Fsp3) is 0.411. The summed E-state index contributed by atoms with van der Waals surface area (Å²) in [6.45, 7) is 72.6. The van der Waals surface area contributed by atoms with Gasteiger partial charge >= 0.3 is 0 Å². The van der Waals surface area contributed by atoms with E-state index >= 15 is 0 Å². The number of pyridine rings is 3. The molecule has 15 aromatic rings. The minimum atomic E-state index is 0.0962. The first-order valence-corrected chi connectivity index (χ1v) is 44.9. The number of para-hydroxylation sites is 2. The summed E-state index contributed by atoms with van der Waals surface area (Å²) in [5, 5.41) is 14.0. The van der Waals surface area contributed by atoms with Crippen molar-refractivity contribution in [3.63, 3.8) is 0 Å². The second-order valence-corrected chi connectivity index (χ2v) is 44.7. The highest BCUT2D eigenvalue weighted by Gasteiger charge is 2.23. The van der Waals surface area contributed by atoms with Crippen LogP contribution in [0.1, 0.15) is 289 Å². The van der Waals surface area contributed by atoms with Crippen molar-refractivity contribution in [1.29, 1.82) is 0 Å². The molecule has 11 aromatic heterocycles. The van der Waals surface area contributed by atoms with Crippen molar-refractivity contribution in [2.45, 2.75) is 288 Å². The topological polar surface area (TPSA) is 91.2 Å². The van der Waals surface area contributed by atoms with Gasteiger partial charge in [0.1, 0.15) is 22.7 Å². The van der Waals surface area contributed by atoms with Crippen LogP contribution in [-0.2, 0) is 59.6 Å². The second kappa shape index (κ2) is 43.5. The first-order valence-electron chi connectivity index (χ1n) is 41.3. The molecule has 118 heavy (non-hydrogen) atoms. The van der Waals surface area contributed by atoms with E-state index in [4.69, 9.17) is 17.7 Å². The fourth-order valence-electron chi connectivity index (χ4n) is 11.1. The zero-order chi connectivity index (χ0) is 88.4. The lowest BCUT2D eigenvalue weighted by Gasteiger charge is -2.17. The predicted molar refractivity (Wildman–Crippen MR) is 521 cm³/mol. The van der Waals surface area contributed by atoms with Crippen molar-refractivity contribution in [2.24, 2.45) is 0 Å². The summed E-state index contributed by atoms with van der Waals surface area (Å²) in [5.41, 5.74) is 13.7. The van der Waals surface area contributed by atoms with E-state index < -0.39 is 0 Å². The van der Waals surface area contributed by atoms with E-state index in [1.54, 1.807) is 36.3 Å². The zero-order valence-corrected chi connectivity index (χ0v) is 81.3. The lowest BCUT2D eigenvalue weighted by molar-refractivity contribution is 0.409. The van der Waals surface area contributed by atoms with Crippen molar-refractivity contribution >= 4 is 87.5 Å². The highest BCUT2D eigenvalue weighted by atomic mass is 32.1. The van der Waals surface area contributed by atoms with Crippen LogP contribution in [0.3, 0.4) is 0 Å². The Hall–Kier alpha value is -8.71. The Morgan fingerprint density at radius 3 is 1.25 bits per heavy atom. The number of thiophene rings is 4. The van der Waals surface area contributed by atoms with Gasteiger partial charge in [0, 0.05) is 88.4 Å². The van der Waals surface area contributed by atoms with E-state index in [1.807, 2.05) is 138 Å². The number of rotatable bonds is 0. The predicted octanol–water partition coefficient (Wildman–Crippen LogP) is 34.2. The van der Waals surface area contributed by atoms with E-state index in [1.165, 1.54) is 74.1 Å². The van der Waals surface area contributed by atoms with Gasteiger partial charge in [0.25, 0.3) is 0 Å². The number of hydrogen-bond acceptors (Lipinski definition) is 11. The smallest absolute Gasteiger partial charge is 0.134 e. The summed E-state index contributed by atoms with van der Waals surface area (Å²) in [4.78, 5) is 15.2. The molecular weight excluding hydrogens is 1520 g/mol. The Balaban J connectivity index is 0.000000232. The number of aromatic nitrogens is 3. The number of fused-ring (bicyclic) bond motifs is 4. The van der Waals surface area contributed by atoms with Gasteiger partial charge in [-0.25, -0.2) is 0 Å². The molecule has 0 saturated heterocycles. The van der Waals surface area contributed by atoms with Crippen molar-refractivity contribution in [3.8, 4) is 0 Å². The molecule has 0 saturated carbocycles. The van der Waals surface area contributed by atoms with Crippen LogP contribution in [0.4, 0.5) is 0 Å². The maximum absolute atomic E-state index is 5.73. The standard InChI is InChI=1S/2C12H14O.2C12H14S.3C9H13N.2C8H12O.2C8H12S/c1-12(2,3)10-8-13-11-7-5-4-6-9(10)11;1-12(2,3)11-8-9-6-4-5-7-10(9)13-11;1-12(2,3)10-8-13-11-7-5-4-6-9(10)11;1-12(2,3)11-8-9-6-4-5-7-10(9)13-11;1-9(2,3)8-4-6-10-7-5-8;1-9(2,3)8-5-4-6-10-7-8;1-9(2,3)8-6-4-5-7-10-8;1-8(2,3)7-4-5-9-6-7;1-8(2,3)7-5-4-6-9-7;1-8(2,3)7-4-5-9-6-7;1-8(2,3)7-5-4-6-9-7/h4*4-8H,1-3H3;3*4-7H,1-3H3;4*4-6H,1-3H3. The lowest BCUT2D eigenvalue weighted by Crippen LogP contribution is -2.12. The Kier molecular flexibility index (Phi) is 36.8. The van der Waals surface area contributed by atoms with Gasteiger partial charge in [-0.15, -0.1) is 34.0 Å². The van der Waals surface area contributed by atoms with Gasteiger partial charge in [0.05, 0.1) is 25.1 Å². The molecule has 0 amide bonds. The minimum Gasteiger partial charge on any atom is -0.472 e. The average molecular weight is 1660 g/mol. The maximum Gasteiger partial charge on any atom is 0.134 e. The molecule has 15 rings (SSSR count). The van der Waals surface area contributed by atoms with E-state index in [0.717, 1.165) is 28.4 Å². The molecule has 0 N–H and O–H groups in total. The molecule has 0 aliphatic heterocycles. The molecule has 0 bridgehead atoms. The number of benzene rings is 4. The lowest BCUT2D eigenvalue weighted by atomic mass is 9.87. The van der Waals surface area contributed by atoms with Crippen LogP contribution in [0, 0.1) is 0 Å². The molecule has 11 heterocycles. The molecular formula is C107H143N3O4S4. The summed E-state index contributed by atoms with van der Waals surface area (Å²) in [7, 11) is 0. The number of nitrogens with zero attached hydrogens (tertiary/aromatic N) is 3. The molecule has 0 atom stereocenters. The van der Waals surface area contributed by atoms with Crippen LogP contribution in [0.15, 0.2) is 283 Å². The molecule has 0 radical (unpaired) electrons. The van der Waals surface area contributed by atoms with Crippen LogP contribution >= 0.6 is 45.3 Å². The Morgan fingerprint density at radius 2 is 0.847 bits per heavy atom. The summed E-state index contributed by atoms with van der Waals surface area (Å²) < 4.78 is 24.1. The molecule has 0 fully saturated rings. The second-order valence-electron chi connectivity index (χ2n) is 41.0. The molecule has 634 valence electrons. The highest BCUT2D eigenvalue weighted by molar-refractivity contribution is 7.19. The summed E-state index contributed by atoms with van der Waals surface area (Å²) in [6, 6.07) is 64.5.